The first kappa shape index (κ1) is 12.0. The van der Waals surface area contributed by atoms with E-state index in [1.54, 1.807) is 0 Å². The largest absolute Gasteiger partial charge is 0.327 e. The lowest BCUT2D eigenvalue weighted by Crippen LogP contribution is -2.41. The summed E-state index contributed by atoms with van der Waals surface area (Å²) in [5.74, 6) is 0.799. The molecule has 0 bridgehead atoms. The van der Waals surface area contributed by atoms with Gasteiger partial charge in [0.15, 0.2) is 0 Å². The van der Waals surface area contributed by atoms with Crippen LogP contribution in [0.4, 0.5) is 0 Å². The van der Waals surface area contributed by atoms with Crippen LogP contribution in [0, 0.1) is 11.3 Å². The molecule has 1 saturated carbocycles. The van der Waals surface area contributed by atoms with E-state index >= 15 is 0 Å². The summed E-state index contributed by atoms with van der Waals surface area (Å²) in [5.41, 5.74) is 6.78. The fourth-order valence-corrected chi connectivity index (χ4v) is 2.59. The fourth-order valence-electron chi connectivity index (χ4n) is 2.59. The van der Waals surface area contributed by atoms with Crippen molar-refractivity contribution in [2.24, 2.45) is 17.1 Å². The quantitative estimate of drug-likeness (QED) is 0.730. The van der Waals surface area contributed by atoms with Crippen molar-refractivity contribution in [2.75, 3.05) is 0 Å². The van der Waals surface area contributed by atoms with Crippen LogP contribution in [-0.2, 0) is 0 Å². The Balaban J connectivity index is 2.36. The zero-order valence-electron chi connectivity index (χ0n) is 10.2. The summed E-state index contributed by atoms with van der Waals surface area (Å²) in [4.78, 5) is 0. The van der Waals surface area contributed by atoms with Gasteiger partial charge in [0.1, 0.15) is 0 Å². The van der Waals surface area contributed by atoms with Crippen LogP contribution in [-0.4, -0.2) is 6.04 Å². The van der Waals surface area contributed by atoms with Gasteiger partial charge in [-0.05, 0) is 37.0 Å². The van der Waals surface area contributed by atoms with Gasteiger partial charge in [-0.3, -0.25) is 0 Å². The molecule has 0 amide bonds. The Kier molecular flexibility index (Phi) is 4.43. The van der Waals surface area contributed by atoms with Crippen molar-refractivity contribution in [1.29, 1.82) is 0 Å². The third-order valence-corrected chi connectivity index (χ3v) is 3.95. The van der Waals surface area contributed by atoms with Gasteiger partial charge in [-0.15, -0.1) is 0 Å². The second-order valence-electron chi connectivity index (χ2n) is 5.79. The van der Waals surface area contributed by atoms with Crippen LogP contribution in [0.5, 0.6) is 0 Å². The molecule has 14 heavy (non-hydrogen) atoms. The van der Waals surface area contributed by atoms with Gasteiger partial charge in [-0.2, -0.15) is 0 Å². The molecular formula is C13H27N. The molecule has 0 radical (unpaired) electrons. The van der Waals surface area contributed by atoms with Crippen molar-refractivity contribution in [1.82, 2.24) is 0 Å². The second-order valence-corrected chi connectivity index (χ2v) is 5.79. The standard InChI is InChI=1S/C13H27N/c1-11(2)7-8-12(14)13(3)9-5-4-6-10-13/h11-12H,4-10,14H2,1-3H3. The SMILES string of the molecule is CC(C)CCC(N)C1(C)CCCCC1. The van der Waals surface area contributed by atoms with Crippen LogP contribution in [0.2, 0.25) is 0 Å². The second kappa shape index (κ2) is 5.16. The minimum absolute atomic E-state index is 0.435. The van der Waals surface area contributed by atoms with Crippen LogP contribution < -0.4 is 5.73 Å². The molecule has 1 heteroatoms. The van der Waals surface area contributed by atoms with Gasteiger partial charge in [0, 0.05) is 6.04 Å². The van der Waals surface area contributed by atoms with Gasteiger partial charge in [0.2, 0.25) is 0 Å². The van der Waals surface area contributed by atoms with E-state index in [9.17, 15) is 0 Å². The van der Waals surface area contributed by atoms with Crippen molar-refractivity contribution in [3.05, 3.63) is 0 Å². The van der Waals surface area contributed by atoms with Crippen molar-refractivity contribution in [3.63, 3.8) is 0 Å². The molecule has 2 N–H and O–H groups in total. The Morgan fingerprint density at radius 1 is 1.07 bits per heavy atom. The van der Waals surface area contributed by atoms with E-state index < -0.39 is 0 Å². The Morgan fingerprint density at radius 2 is 1.64 bits per heavy atom. The average Bonchev–Trinajstić information content (AvgIpc) is 2.15. The zero-order valence-corrected chi connectivity index (χ0v) is 10.2. The van der Waals surface area contributed by atoms with Crippen molar-refractivity contribution in [2.45, 2.75) is 71.8 Å². The Bertz CT molecular complexity index is 157. The van der Waals surface area contributed by atoms with E-state index in [1.807, 2.05) is 0 Å². The predicted molar refractivity (Wildman–Crippen MR) is 63.2 cm³/mol. The molecule has 0 aliphatic heterocycles. The first-order valence-corrected chi connectivity index (χ1v) is 6.30. The first-order chi connectivity index (χ1) is 6.54. The topological polar surface area (TPSA) is 26.0 Å². The molecule has 1 unspecified atom stereocenters. The summed E-state index contributed by atoms with van der Waals surface area (Å²) in [6.45, 7) is 6.98. The van der Waals surface area contributed by atoms with Gasteiger partial charge >= 0.3 is 0 Å². The Labute approximate surface area is 89.5 Å². The molecule has 1 aliphatic rings. The van der Waals surface area contributed by atoms with E-state index in [-0.39, 0.29) is 0 Å². The normalized spacial score (nSPS) is 23.8. The summed E-state index contributed by atoms with van der Waals surface area (Å²) < 4.78 is 0. The third kappa shape index (κ3) is 3.27. The number of hydrogen-bond acceptors (Lipinski definition) is 1. The molecule has 0 heterocycles. The van der Waals surface area contributed by atoms with Crippen molar-refractivity contribution in [3.8, 4) is 0 Å². The molecule has 1 aliphatic carbocycles. The maximum atomic E-state index is 6.33. The lowest BCUT2D eigenvalue weighted by Gasteiger charge is -2.39. The third-order valence-electron chi connectivity index (χ3n) is 3.95. The average molecular weight is 197 g/mol. The van der Waals surface area contributed by atoms with Gasteiger partial charge < -0.3 is 5.73 Å². The number of rotatable bonds is 4. The molecule has 0 aromatic carbocycles. The van der Waals surface area contributed by atoms with E-state index in [2.05, 4.69) is 20.8 Å². The highest BCUT2D eigenvalue weighted by Gasteiger charge is 2.32. The summed E-state index contributed by atoms with van der Waals surface area (Å²) in [5, 5.41) is 0. The molecule has 0 spiro atoms. The number of nitrogens with two attached hydrogens (primary N) is 1. The van der Waals surface area contributed by atoms with Crippen LogP contribution in [0.3, 0.4) is 0 Å². The van der Waals surface area contributed by atoms with Crippen LogP contribution in [0.25, 0.3) is 0 Å². The summed E-state index contributed by atoms with van der Waals surface area (Å²) in [7, 11) is 0. The molecule has 1 rings (SSSR count). The van der Waals surface area contributed by atoms with E-state index in [0.29, 0.717) is 11.5 Å². The van der Waals surface area contributed by atoms with Gasteiger partial charge in [0.25, 0.3) is 0 Å². The van der Waals surface area contributed by atoms with Gasteiger partial charge in [0.05, 0.1) is 0 Å². The highest BCUT2D eigenvalue weighted by molar-refractivity contribution is 4.87. The highest BCUT2D eigenvalue weighted by Crippen LogP contribution is 2.39. The molecule has 1 nitrogen and oxygen atoms in total. The molecule has 1 fully saturated rings. The van der Waals surface area contributed by atoms with Gasteiger partial charge in [-0.25, -0.2) is 0 Å². The molecule has 0 aromatic rings. The maximum Gasteiger partial charge on any atom is 0.00930 e. The predicted octanol–water partition coefficient (Wildman–Crippen LogP) is 3.72. The van der Waals surface area contributed by atoms with Crippen LogP contribution in [0.1, 0.15) is 65.7 Å². The molecule has 0 saturated heterocycles. The monoisotopic (exact) mass is 197 g/mol. The maximum absolute atomic E-state index is 6.33. The van der Waals surface area contributed by atoms with Crippen molar-refractivity contribution < 1.29 is 0 Å². The summed E-state index contributed by atoms with van der Waals surface area (Å²) >= 11 is 0. The van der Waals surface area contributed by atoms with Crippen LogP contribution >= 0.6 is 0 Å². The fraction of sp³-hybridized carbons (Fsp3) is 1.00. The van der Waals surface area contributed by atoms with Crippen LogP contribution in [0.15, 0.2) is 0 Å². The zero-order chi connectivity index (χ0) is 10.6. The van der Waals surface area contributed by atoms with Crippen molar-refractivity contribution >= 4 is 0 Å². The molecule has 84 valence electrons. The lowest BCUT2D eigenvalue weighted by molar-refractivity contribution is 0.158. The van der Waals surface area contributed by atoms with E-state index in [4.69, 9.17) is 5.73 Å². The molecular weight excluding hydrogens is 170 g/mol. The smallest absolute Gasteiger partial charge is 0.00930 e. The Hall–Kier alpha value is -0.0400. The van der Waals surface area contributed by atoms with E-state index in [0.717, 1.165) is 5.92 Å². The Morgan fingerprint density at radius 3 is 2.14 bits per heavy atom. The number of hydrogen-bond donors (Lipinski definition) is 1. The minimum atomic E-state index is 0.435. The molecule has 0 aromatic heterocycles. The summed E-state index contributed by atoms with van der Waals surface area (Å²) in [6.07, 6.45) is 9.42. The van der Waals surface area contributed by atoms with Gasteiger partial charge in [-0.1, -0.05) is 40.0 Å². The highest BCUT2D eigenvalue weighted by atomic mass is 14.7. The summed E-state index contributed by atoms with van der Waals surface area (Å²) in [6, 6.07) is 0.435. The van der Waals surface area contributed by atoms with E-state index in [1.165, 1.54) is 44.9 Å². The molecule has 1 atom stereocenters. The minimum Gasteiger partial charge on any atom is -0.327 e. The lowest BCUT2D eigenvalue weighted by atomic mass is 9.69. The first-order valence-electron chi connectivity index (χ1n) is 6.30.